The third-order valence-electron chi connectivity index (χ3n) is 3.28. The molecule has 0 unspecified atom stereocenters. The number of halogens is 3. The van der Waals surface area contributed by atoms with Crippen molar-refractivity contribution >= 4 is 24.1 Å². The summed E-state index contributed by atoms with van der Waals surface area (Å²) in [5, 5.41) is 1.37. The summed E-state index contributed by atoms with van der Waals surface area (Å²) in [4.78, 5) is 45.8. The fourth-order valence-corrected chi connectivity index (χ4v) is 1.98. The molecule has 0 saturated heterocycles. The topological polar surface area (TPSA) is 98.8 Å². The maximum Gasteiger partial charge on any atom is 0.471 e. The van der Waals surface area contributed by atoms with Gasteiger partial charge in [0.05, 0.1) is 13.0 Å². The van der Waals surface area contributed by atoms with Crippen LogP contribution >= 0.6 is 0 Å². The van der Waals surface area contributed by atoms with Gasteiger partial charge in [-0.2, -0.15) is 13.2 Å². The third-order valence-corrected chi connectivity index (χ3v) is 3.28. The van der Waals surface area contributed by atoms with E-state index < -0.39 is 42.4 Å². The number of carbonyl (C=O) groups is 4. The summed E-state index contributed by atoms with van der Waals surface area (Å²) in [6.45, 7) is -0.226. The van der Waals surface area contributed by atoms with Gasteiger partial charge in [0, 0.05) is 6.42 Å². The van der Waals surface area contributed by atoms with Crippen LogP contribution in [0.25, 0.3) is 0 Å². The van der Waals surface area contributed by atoms with E-state index in [9.17, 15) is 32.3 Å². The van der Waals surface area contributed by atoms with Crippen LogP contribution in [-0.2, 0) is 35.3 Å². The van der Waals surface area contributed by atoms with Crippen LogP contribution in [-0.4, -0.2) is 43.5 Å². The van der Waals surface area contributed by atoms with Crippen molar-refractivity contribution in [2.24, 2.45) is 5.92 Å². The highest BCUT2D eigenvalue weighted by molar-refractivity contribution is 5.91. The highest BCUT2D eigenvalue weighted by Crippen LogP contribution is 2.18. The molecule has 0 aliphatic carbocycles. The van der Waals surface area contributed by atoms with E-state index in [-0.39, 0.29) is 12.9 Å². The fourth-order valence-electron chi connectivity index (χ4n) is 1.98. The summed E-state index contributed by atoms with van der Waals surface area (Å²) in [7, 11) is 0.863. The maximum absolute atomic E-state index is 12.4. The quantitative estimate of drug-likeness (QED) is 0.541. The molecule has 0 spiro atoms. The highest BCUT2D eigenvalue weighted by atomic mass is 19.4. The molecule has 142 valence electrons. The summed E-state index contributed by atoms with van der Waals surface area (Å²) >= 11 is 0. The van der Waals surface area contributed by atoms with Gasteiger partial charge in [-0.1, -0.05) is 30.3 Å². The normalized spacial score (nSPS) is 13.2. The van der Waals surface area contributed by atoms with E-state index in [1.807, 2.05) is 0 Å². The first-order chi connectivity index (χ1) is 12.2. The Labute approximate surface area is 146 Å². The molecular formula is C16H16F3NO6. The van der Waals surface area contributed by atoms with Gasteiger partial charge in [-0.3, -0.25) is 9.59 Å². The lowest BCUT2D eigenvalue weighted by Crippen LogP contribution is -2.53. The molecule has 0 bridgehead atoms. The number of hydrogen-bond acceptors (Lipinski definition) is 6. The number of ether oxygens (including phenoxy) is 2. The highest BCUT2D eigenvalue weighted by Gasteiger charge is 2.44. The minimum Gasteiger partial charge on any atom is -0.467 e. The lowest BCUT2D eigenvalue weighted by atomic mass is 9.96. The lowest BCUT2D eigenvalue weighted by Gasteiger charge is -2.23. The van der Waals surface area contributed by atoms with Crippen molar-refractivity contribution < 1.29 is 41.8 Å². The van der Waals surface area contributed by atoms with Crippen molar-refractivity contribution in [2.75, 3.05) is 7.11 Å². The Bertz CT molecular complexity index is 647. The van der Waals surface area contributed by atoms with E-state index >= 15 is 0 Å². The van der Waals surface area contributed by atoms with Gasteiger partial charge in [-0.05, 0) is 5.56 Å². The second kappa shape index (κ2) is 9.54. The monoisotopic (exact) mass is 375 g/mol. The molecular weight excluding hydrogens is 359 g/mol. The van der Waals surface area contributed by atoms with Gasteiger partial charge < -0.3 is 19.6 Å². The SMILES string of the molecule is COC(=O)[C@@H](NC(=O)C(F)(F)F)[C@@H](CC=O)C(=O)OCc1ccccc1. The predicted molar refractivity (Wildman–Crippen MR) is 80.4 cm³/mol. The zero-order valence-electron chi connectivity index (χ0n) is 13.6. The van der Waals surface area contributed by atoms with E-state index in [0.29, 0.717) is 5.56 Å². The van der Waals surface area contributed by atoms with Gasteiger partial charge in [-0.15, -0.1) is 0 Å². The van der Waals surface area contributed by atoms with E-state index in [1.165, 1.54) is 5.32 Å². The Morgan fingerprint density at radius 1 is 1.15 bits per heavy atom. The molecule has 0 aliphatic heterocycles. The number of methoxy groups -OCH3 is 1. The molecule has 1 rings (SSSR count). The summed E-state index contributed by atoms with van der Waals surface area (Å²) in [6, 6.07) is 6.30. The van der Waals surface area contributed by atoms with Gasteiger partial charge in [0.25, 0.3) is 0 Å². The van der Waals surface area contributed by atoms with Gasteiger partial charge in [0.15, 0.2) is 0 Å². The number of alkyl halides is 3. The van der Waals surface area contributed by atoms with E-state index in [4.69, 9.17) is 4.74 Å². The second-order valence-corrected chi connectivity index (χ2v) is 5.07. The predicted octanol–water partition coefficient (Wildman–Crippen LogP) is 1.16. The van der Waals surface area contributed by atoms with Gasteiger partial charge in [0.2, 0.25) is 0 Å². The molecule has 0 heterocycles. The van der Waals surface area contributed by atoms with E-state index in [2.05, 4.69) is 4.74 Å². The molecule has 1 N–H and O–H groups in total. The molecule has 7 nitrogen and oxygen atoms in total. The van der Waals surface area contributed by atoms with Crippen molar-refractivity contribution in [3.8, 4) is 0 Å². The van der Waals surface area contributed by atoms with Crippen LogP contribution in [0.5, 0.6) is 0 Å². The van der Waals surface area contributed by atoms with Crippen LogP contribution in [0, 0.1) is 5.92 Å². The Morgan fingerprint density at radius 2 is 1.77 bits per heavy atom. The number of amides is 1. The Hall–Kier alpha value is -2.91. The summed E-state index contributed by atoms with van der Waals surface area (Å²) in [5.41, 5.74) is 0.583. The number of nitrogens with one attached hydrogen (secondary N) is 1. The average molecular weight is 375 g/mol. The average Bonchev–Trinajstić information content (AvgIpc) is 2.61. The van der Waals surface area contributed by atoms with Crippen molar-refractivity contribution in [3.05, 3.63) is 35.9 Å². The van der Waals surface area contributed by atoms with Crippen LogP contribution in [0.4, 0.5) is 13.2 Å². The molecule has 0 fully saturated rings. The number of rotatable bonds is 8. The summed E-state index contributed by atoms with van der Waals surface area (Å²) < 4.78 is 46.6. The van der Waals surface area contributed by atoms with Crippen LogP contribution in [0.15, 0.2) is 30.3 Å². The number of aldehydes is 1. The van der Waals surface area contributed by atoms with Crippen LogP contribution in [0.1, 0.15) is 12.0 Å². The van der Waals surface area contributed by atoms with Gasteiger partial charge >= 0.3 is 24.0 Å². The van der Waals surface area contributed by atoms with Crippen molar-refractivity contribution in [3.63, 3.8) is 0 Å². The lowest BCUT2D eigenvalue weighted by molar-refractivity contribution is -0.177. The van der Waals surface area contributed by atoms with Crippen LogP contribution < -0.4 is 5.32 Å². The molecule has 0 radical (unpaired) electrons. The Kier molecular flexibility index (Phi) is 7.76. The largest absolute Gasteiger partial charge is 0.471 e. The molecule has 1 aromatic rings. The molecule has 10 heteroatoms. The first-order valence-electron chi connectivity index (χ1n) is 7.30. The maximum atomic E-state index is 12.4. The molecule has 1 aromatic carbocycles. The van der Waals surface area contributed by atoms with Gasteiger partial charge in [-0.25, -0.2) is 4.79 Å². The number of benzene rings is 1. The minimum atomic E-state index is -5.29. The number of hydrogen-bond donors (Lipinski definition) is 1. The van der Waals surface area contributed by atoms with Crippen molar-refractivity contribution in [1.82, 2.24) is 5.32 Å². The fraction of sp³-hybridized carbons (Fsp3) is 0.375. The van der Waals surface area contributed by atoms with Crippen LogP contribution in [0.2, 0.25) is 0 Å². The number of esters is 2. The molecule has 0 saturated carbocycles. The molecule has 26 heavy (non-hydrogen) atoms. The summed E-state index contributed by atoms with van der Waals surface area (Å²) in [6.07, 6.45) is -5.71. The molecule has 0 aromatic heterocycles. The Balaban J connectivity index is 2.95. The van der Waals surface area contributed by atoms with Crippen LogP contribution in [0.3, 0.4) is 0 Å². The van der Waals surface area contributed by atoms with Crippen molar-refractivity contribution in [2.45, 2.75) is 25.2 Å². The molecule has 2 atom stereocenters. The smallest absolute Gasteiger partial charge is 0.467 e. The summed E-state index contributed by atoms with van der Waals surface area (Å²) in [5.74, 6) is -6.56. The minimum absolute atomic E-state index is 0.226. The Morgan fingerprint density at radius 3 is 2.27 bits per heavy atom. The standard InChI is InChI=1S/C16H16F3NO6/c1-25-14(23)12(20-15(24)16(17,18)19)11(7-8-21)13(22)26-9-10-5-3-2-4-6-10/h2-6,8,11-12H,7,9H2,1H3,(H,20,24)/t11-,12+/m1/s1. The number of carbonyl (C=O) groups excluding carboxylic acids is 4. The van der Waals surface area contributed by atoms with E-state index in [0.717, 1.165) is 7.11 Å². The van der Waals surface area contributed by atoms with Gasteiger partial charge in [0.1, 0.15) is 18.9 Å². The first kappa shape index (κ1) is 21.1. The zero-order chi connectivity index (χ0) is 19.7. The first-order valence-corrected chi connectivity index (χ1v) is 7.30. The zero-order valence-corrected chi connectivity index (χ0v) is 13.6. The second-order valence-electron chi connectivity index (χ2n) is 5.07. The van der Waals surface area contributed by atoms with E-state index in [1.54, 1.807) is 30.3 Å². The molecule has 0 aliphatic rings. The van der Waals surface area contributed by atoms with Crippen molar-refractivity contribution in [1.29, 1.82) is 0 Å². The third kappa shape index (κ3) is 6.19. The molecule has 1 amide bonds.